The van der Waals surface area contributed by atoms with Gasteiger partial charge in [-0.2, -0.15) is 5.10 Å². The number of nitrogens with zero attached hydrogens (tertiary/aromatic N) is 2. The van der Waals surface area contributed by atoms with E-state index in [1.54, 1.807) is 0 Å². The predicted molar refractivity (Wildman–Crippen MR) is 73.4 cm³/mol. The van der Waals surface area contributed by atoms with Gasteiger partial charge in [0.25, 0.3) is 0 Å². The molecule has 0 amide bonds. The molecule has 0 radical (unpaired) electrons. The SMILES string of the molecule is CCCC(C)(C)NCc1c(Cl)c(CC)nn1C. The van der Waals surface area contributed by atoms with Crippen LogP contribution in [0.15, 0.2) is 0 Å². The van der Waals surface area contributed by atoms with E-state index >= 15 is 0 Å². The van der Waals surface area contributed by atoms with E-state index in [-0.39, 0.29) is 5.54 Å². The molecule has 0 aliphatic rings. The van der Waals surface area contributed by atoms with Crippen molar-refractivity contribution in [2.75, 3.05) is 0 Å². The summed E-state index contributed by atoms with van der Waals surface area (Å²) in [7, 11) is 1.95. The second-order valence-electron chi connectivity index (χ2n) is 5.17. The Hall–Kier alpha value is -0.540. The van der Waals surface area contributed by atoms with E-state index < -0.39 is 0 Å². The molecular weight excluding hydrogens is 234 g/mol. The van der Waals surface area contributed by atoms with Gasteiger partial charge in [-0.1, -0.05) is 31.9 Å². The minimum atomic E-state index is 0.148. The van der Waals surface area contributed by atoms with Crippen LogP contribution in [0.5, 0.6) is 0 Å². The fourth-order valence-corrected chi connectivity index (χ4v) is 2.41. The second kappa shape index (κ2) is 5.87. The largest absolute Gasteiger partial charge is 0.306 e. The molecule has 0 aliphatic carbocycles. The van der Waals surface area contributed by atoms with Gasteiger partial charge in [-0.3, -0.25) is 4.68 Å². The second-order valence-corrected chi connectivity index (χ2v) is 5.55. The first-order valence-corrected chi connectivity index (χ1v) is 6.74. The van der Waals surface area contributed by atoms with E-state index in [2.05, 4.69) is 38.1 Å². The van der Waals surface area contributed by atoms with Crippen molar-refractivity contribution < 1.29 is 0 Å². The van der Waals surface area contributed by atoms with Crippen molar-refractivity contribution in [3.05, 3.63) is 16.4 Å². The van der Waals surface area contributed by atoms with E-state index in [1.807, 2.05) is 11.7 Å². The average Bonchev–Trinajstić information content (AvgIpc) is 2.51. The Balaban J connectivity index is 2.72. The number of halogens is 1. The van der Waals surface area contributed by atoms with E-state index in [4.69, 9.17) is 11.6 Å². The molecule has 1 aromatic heterocycles. The maximum absolute atomic E-state index is 6.31. The molecule has 0 bridgehead atoms. The lowest BCUT2D eigenvalue weighted by Gasteiger charge is -2.26. The molecule has 0 spiro atoms. The van der Waals surface area contributed by atoms with Gasteiger partial charge < -0.3 is 5.32 Å². The zero-order valence-electron chi connectivity index (χ0n) is 11.6. The summed E-state index contributed by atoms with van der Waals surface area (Å²) in [6.45, 7) is 9.50. The summed E-state index contributed by atoms with van der Waals surface area (Å²) in [5, 5.41) is 8.78. The Kier molecular flexibility index (Phi) is 5.02. The van der Waals surface area contributed by atoms with Crippen LogP contribution in [-0.2, 0) is 20.0 Å². The third-order valence-corrected chi connectivity index (χ3v) is 3.55. The molecule has 0 saturated heterocycles. The Morgan fingerprint density at radius 2 is 2.00 bits per heavy atom. The molecule has 0 aromatic carbocycles. The molecule has 1 aromatic rings. The quantitative estimate of drug-likeness (QED) is 0.848. The van der Waals surface area contributed by atoms with Gasteiger partial charge in [-0.15, -0.1) is 0 Å². The van der Waals surface area contributed by atoms with Gasteiger partial charge in [0.1, 0.15) is 0 Å². The molecule has 1 heterocycles. The Bertz CT molecular complexity index is 369. The van der Waals surface area contributed by atoms with Crippen LogP contribution in [-0.4, -0.2) is 15.3 Å². The van der Waals surface area contributed by atoms with Crippen molar-refractivity contribution in [1.82, 2.24) is 15.1 Å². The fourth-order valence-electron chi connectivity index (χ4n) is 2.05. The van der Waals surface area contributed by atoms with Gasteiger partial charge in [-0.25, -0.2) is 0 Å². The standard InChI is InChI=1S/C13H24ClN3/c1-6-8-13(3,4)15-9-11-12(14)10(7-2)16-17(11)5/h15H,6-9H2,1-5H3. The first-order valence-electron chi connectivity index (χ1n) is 6.36. The number of rotatable bonds is 6. The third-order valence-electron chi connectivity index (χ3n) is 3.11. The molecule has 0 fully saturated rings. The van der Waals surface area contributed by atoms with Crippen molar-refractivity contribution in [2.45, 2.75) is 59.0 Å². The van der Waals surface area contributed by atoms with Crippen LogP contribution in [0, 0.1) is 0 Å². The molecule has 0 atom stereocenters. The van der Waals surface area contributed by atoms with Crippen LogP contribution in [0.3, 0.4) is 0 Å². The highest BCUT2D eigenvalue weighted by Gasteiger charge is 2.18. The van der Waals surface area contributed by atoms with Crippen LogP contribution >= 0.6 is 11.6 Å². The van der Waals surface area contributed by atoms with Gasteiger partial charge >= 0.3 is 0 Å². The molecule has 1 rings (SSSR count). The summed E-state index contributed by atoms with van der Waals surface area (Å²) in [5.41, 5.74) is 2.21. The Labute approximate surface area is 110 Å². The van der Waals surface area contributed by atoms with Crippen LogP contribution in [0.1, 0.15) is 51.9 Å². The monoisotopic (exact) mass is 257 g/mol. The minimum absolute atomic E-state index is 0.148. The number of hydrogen-bond donors (Lipinski definition) is 1. The van der Waals surface area contributed by atoms with Gasteiger partial charge in [-0.05, 0) is 26.7 Å². The van der Waals surface area contributed by atoms with E-state index in [0.717, 1.165) is 35.8 Å². The molecule has 4 heteroatoms. The lowest BCUT2D eigenvalue weighted by molar-refractivity contribution is 0.352. The van der Waals surface area contributed by atoms with Crippen molar-refractivity contribution in [2.24, 2.45) is 7.05 Å². The lowest BCUT2D eigenvalue weighted by Crippen LogP contribution is -2.38. The lowest BCUT2D eigenvalue weighted by atomic mass is 9.99. The van der Waals surface area contributed by atoms with Crippen molar-refractivity contribution in [3.63, 3.8) is 0 Å². The average molecular weight is 258 g/mol. The third kappa shape index (κ3) is 3.71. The maximum atomic E-state index is 6.31. The molecule has 0 saturated carbocycles. The highest BCUT2D eigenvalue weighted by molar-refractivity contribution is 6.31. The molecule has 3 nitrogen and oxygen atoms in total. The Morgan fingerprint density at radius 3 is 2.47 bits per heavy atom. The first kappa shape index (κ1) is 14.5. The summed E-state index contributed by atoms with van der Waals surface area (Å²) in [5.74, 6) is 0. The highest BCUT2D eigenvalue weighted by atomic mass is 35.5. The van der Waals surface area contributed by atoms with E-state index in [1.165, 1.54) is 6.42 Å². The van der Waals surface area contributed by atoms with Gasteiger partial charge in [0.2, 0.25) is 0 Å². The van der Waals surface area contributed by atoms with Crippen LogP contribution in [0.25, 0.3) is 0 Å². The van der Waals surface area contributed by atoms with E-state index in [0.29, 0.717) is 0 Å². The summed E-state index contributed by atoms with van der Waals surface area (Å²) >= 11 is 6.31. The molecule has 0 unspecified atom stereocenters. The highest BCUT2D eigenvalue weighted by Crippen LogP contribution is 2.21. The number of hydrogen-bond acceptors (Lipinski definition) is 2. The molecule has 17 heavy (non-hydrogen) atoms. The summed E-state index contributed by atoms with van der Waals surface area (Å²) in [4.78, 5) is 0. The summed E-state index contributed by atoms with van der Waals surface area (Å²) < 4.78 is 1.89. The van der Waals surface area contributed by atoms with Crippen molar-refractivity contribution in [3.8, 4) is 0 Å². The van der Waals surface area contributed by atoms with Gasteiger partial charge in [0.15, 0.2) is 0 Å². The van der Waals surface area contributed by atoms with Gasteiger partial charge in [0, 0.05) is 19.1 Å². The van der Waals surface area contributed by atoms with E-state index in [9.17, 15) is 0 Å². The zero-order chi connectivity index (χ0) is 13.1. The van der Waals surface area contributed by atoms with Crippen LogP contribution in [0.2, 0.25) is 5.02 Å². The van der Waals surface area contributed by atoms with Crippen molar-refractivity contribution in [1.29, 1.82) is 0 Å². The van der Waals surface area contributed by atoms with Gasteiger partial charge in [0.05, 0.1) is 16.4 Å². The zero-order valence-corrected chi connectivity index (χ0v) is 12.4. The Morgan fingerprint density at radius 1 is 1.35 bits per heavy atom. The molecular formula is C13H24ClN3. The number of aromatic nitrogens is 2. The molecule has 0 aliphatic heterocycles. The topological polar surface area (TPSA) is 29.9 Å². The van der Waals surface area contributed by atoms with Crippen LogP contribution < -0.4 is 5.32 Å². The fraction of sp³-hybridized carbons (Fsp3) is 0.769. The molecule has 1 N–H and O–H groups in total. The summed E-state index contributed by atoms with van der Waals surface area (Å²) in [6, 6.07) is 0. The summed E-state index contributed by atoms with van der Waals surface area (Å²) in [6.07, 6.45) is 3.22. The smallest absolute Gasteiger partial charge is 0.0863 e. The molecule has 98 valence electrons. The van der Waals surface area contributed by atoms with Crippen LogP contribution in [0.4, 0.5) is 0 Å². The number of aryl methyl sites for hydroxylation is 2. The normalized spacial score (nSPS) is 12.1. The first-order chi connectivity index (χ1) is 7.91. The number of nitrogens with one attached hydrogen (secondary N) is 1. The maximum Gasteiger partial charge on any atom is 0.0863 e. The predicted octanol–water partition coefficient (Wildman–Crippen LogP) is 3.30. The van der Waals surface area contributed by atoms with Crippen molar-refractivity contribution >= 4 is 11.6 Å². The minimum Gasteiger partial charge on any atom is -0.306 e.